The van der Waals surface area contributed by atoms with Gasteiger partial charge in [0.25, 0.3) is 0 Å². The zero-order valence-electron chi connectivity index (χ0n) is 10.4. The molecule has 2 rings (SSSR count). The van der Waals surface area contributed by atoms with Crippen molar-refractivity contribution in [2.75, 3.05) is 0 Å². The second kappa shape index (κ2) is 4.99. The average Bonchev–Trinajstić information content (AvgIpc) is 2.33. The molecule has 0 unspecified atom stereocenters. The van der Waals surface area contributed by atoms with E-state index in [2.05, 4.69) is 6.92 Å². The van der Waals surface area contributed by atoms with Crippen molar-refractivity contribution >= 4 is 6.08 Å². The van der Waals surface area contributed by atoms with Crippen molar-refractivity contribution in [3.63, 3.8) is 0 Å². The maximum absolute atomic E-state index is 13.7. The number of hydrogen-bond donors (Lipinski definition) is 0. The maximum atomic E-state index is 13.7. The molecule has 0 atom stereocenters. The highest BCUT2D eigenvalue weighted by Crippen LogP contribution is 2.30. The number of halogens is 2. The zero-order valence-corrected chi connectivity index (χ0v) is 10.4. The van der Waals surface area contributed by atoms with E-state index in [-0.39, 0.29) is 0 Å². The van der Waals surface area contributed by atoms with E-state index in [9.17, 15) is 8.78 Å². The number of hydrogen-bond acceptors (Lipinski definition) is 0. The van der Waals surface area contributed by atoms with Crippen LogP contribution in [0.2, 0.25) is 0 Å². The van der Waals surface area contributed by atoms with E-state index in [0.29, 0.717) is 11.1 Å². The predicted molar refractivity (Wildman–Crippen MR) is 66.7 cm³/mol. The van der Waals surface area contributed by atoms with Gasteiger partial charge in [-0.3, -0.25) is 0 Å². The average molecular weight is 236 g/mol. The van der Waals surface area contributed by atoms with Crippen molar-refractivity contribution in [1.29, 1.82) is 0 Å². The molecule has 0 spiro atoms. The highest BCUT2D eigenvalue weighted by atomic mass is 19.2. The lowest BCUT2D eigenvalue weighted by Gasteiger charge is -2.20. The quantitative estimate of drug-likeness (QED) is 0.652. The highest BCUT2D eigenvalue weighted by Gasteiger charge is 2.14. The van der Waals surface area contributed by atoms with Crippen LogP contribution in [0.4, 0.5) is 8.78 Å². The van der Waals surface area contributed by atoms with Crippen LogP contribution in [0.15, 0.2) is 17.7 Å². The van der Waals surface area contributed by atoms with Gasteiger partial charge in [-0.05, 0) is 44.1 Å². The summed E-state index contributed by atoms with van der Waals surface area (Å²) in [5, 5.41) is 0. The molecule has 0 N–H and O–H groups in total. The van der Waals surface area contributed by atoms with Crippen LogP contribution in [0.1, 0.15) is 43.7 Å². The Hall–Kier alpha value is -1.18. The highest BCUT2D eigenvalue weighted by molar-refractivity contribution is 5.54. The number of aryl methyl sites for hydroxylation is 1. The summed E-state index contributed by atoms with van der Waals surface area (Å²) >= 11 is 0. The minimum atomic E-state index is -0.719. The predicted octanol–water partition coefficient (Wildman–Crippen LogP) is 4.87. The summed E-state index contributed by atoms with van der Waals surface area (Å²) in [6.45, 7) is 3.82. The molecule has 1 aliphatic carbocycles. The second-order valence-electron chi connectivity index (χ2n) is 5.08. The first-order chi connectivity index (χ1) is 8.08. The third kappa shape index (κ3) is 2.74. The molecule has 0 heterocycles. The van der Waals surface area contributed by atoms with Crippen LogP contribution >= 0.6 is 0 Å². The van der Waals surface area contributed by atoms with Crippen LogP contribution in [0.25, 0.3) is 6.08 Å². The molecule has 0 amide bonds. The minimum absolute atomic E-state index is 0.363. The molecule has 1 saturated carbocycles. The van der Waals surface area contributed by atoms with Crippen LogP contribution in [0.3, 0.4) is 0 Å². The molecule has 0 bridgehead atoms. The number of allylic oxidation sites excluding steroid dienone is 1. The van der Waals surface area contributed by atoms with E-state index in [4.69, 9.17) is 0 Å². The van der Waals surface area contributed by atoms with Crippen molar-refractivity contribution in [2.45, 2.75) is 39.5 Å². The van der Waals surface area contributed by atoms with Gasteiger partial charge in [0.2, 0.25) is 0 Å². The van der Waals surface area contributed by atoms with E-state index < -0.39 is 11.6 Å². The largest absolute Gasteiger partial charge is 0.203 e. The standard InChI is InChI=1S/C15H18F2/c1-10-3-6-12(7-4-10)9-13-8-5-11(2)14(16)15(13)17/h5,8-10H,3-4,6-7H2,1-2H3. The van der Waals surface area contributed by atoms with Gasteiger partial charge in [0.05, 0.1) is 0 Å². The summed E-state index contributed by atoms with van der Waals surface area (Å²) in [6, 6.07) is 3.30. The molecule has 92 valence electrons. The number of rotatable bonds is 1. The molecular formula is C15H18F2. The van der Waals surface area contributed by atoms with Crippen molar-refractivity contribution < 1.29 is 8.78 Å². The van der Waals surface area contributed by atoms with Gasteiger partial charge in [-0.1, -0.05) is 30.7 Å². The van der Waals surface area contributed by atoms with Crippen LogP contribution in [0.5, 0.6) is 0 Å². The minimum Gasteiger partial charge on any atom is -0.203 e. The lowest BCUT2D eigenvalue weighted by molar-refractivity contribution is 0.445. The van der Waals surface area contributed by atoms with Gasteiger partial charge < -0.3 is 0 Å². The molecule has 0 aliphatic heterocycles. The van der Waals surface area contributed by atoms with E-state index in [1.165, 1.54) is 5.57 Å². The molecule has 17 heavy (non-hydrogen) atoms. The molecule has 1 aliphatic rings. The summed E-state index contributed by atoms with van der Waals surface area (Å²) in [5.74, 6) is -0.675. The first kappa shape index (κ1) is 12.3. The van der Waals surface area contributed by atoms with Crippen molar-refractivity contribution in [3.8, 4) is 0 Å². The van der Waals surface area contributed by atoms with Crippen LogP contribution in [0, 0.1) is 24.5 Å². The van der Waals surface area contributed by atoms with Gasteiger partial charge in [0.1, 0.15) is 0 Å². The first-order valence-electron chi connectivity index (χ1n) is 6.22. The second-order valence-corrected chi connectivity index (χ2v) is 5.08. The Morgan fingerprint density at radius 1 is 1.12 bits per heavy atom. The Balaban J connectivity index is 2.24. The molecule has 0 aromatic heterocycles. The van der Waals surface area contributed by atoms with Gasteiger partial charge in [-0.15, -0.1) is 0 Å². The Kier molecular flexibility index (Phi) is 3.60. The summed E-state index contributed by atoms with van der Waals surface area (Å²) in [4.78, 5) is 0. The lowest BCUT2D eigenvalue weighted by Crippen LogP contribution is -2.04. The fraction of sp³-hybridized carbons (Fsp3) is 0.467. The van der Waals surface area contributed by atoms with Gasteiger partial charge in [-0.25, -0.2) is 8.78 Å². The lowest BCUT2D eigenvalue weighted by atomic mass is 9.86. The Labute approximate surface area is 101 Å². The van der Waals surface area contributed by atoms with E-state index in [1.807, 2.05) is 6.08 Å². The Bertz CT molecular complexity index is 436. The van der Waals surface area contributed by atoms with Crippen LogP contribution in [-0.4, -0.2) is 0 Å². The van der Waals surface area contributed by atoms with E-state index >= 15 is 0 Å². The van der Waals surface area contributed by atoms with Gasteiger partial charge in [0.15, 0.2) is 11.6 Å². The van der Waals surface area contributed by atoms with Gasteiger partial charge in [-0.2, -0.15) is 0 Å². The molecule has 1 aromatic rings. The van der Waals surface area contributed by atoms with Gasteiger partial charge in [0, 0.05) is 5.56 Å². The maximum Gasteiger partial charge on any atom is 0.166 e. The smallest absolute Gasteiger partial charge is 0.166 e. The fourth-order valence-corrected chi connectivity index (χ4v) is 2.27. The van der Waals surface area contributed by atoms with Gasteiger partial charge >= 0.3 is 0 Å². The van der Waals surface area contributed by atoms with Crippen molar-refractivity contribution in [2.24, 2.45) is 5.92 Å². The monoisotopic (exact) mass is 236 g/mol. The summed E-state index contributed by atoms with van der Waals surface area (Å²) < 4.78 is 27.1. The summed E-state index contributed by atoms with van der Waals surface area (Å²) in [7, 11) is 0. The van der Waals surface area contributed by atoms with E-state index in [1.54, 1.807) is 19.1 Å². The molecule has 1 aromatic carbocycles. The first-order valence-corrected chi connectivity index (χ1v) is 6.22. The molecular weight excluding hydrogens is 218 g/mol. The van der Waals surface area contributed by atoms with E-state index in [0.717, 1.165) is 31.6 Å². The van der Waals surface area contributed by atoms with Crippen molar-refractivity contribution in [3.05, 3.63) is 40.5 Å². The SMILES string of the molecule is Cc1ccc(C=C2CCC(C)CC2)c(F)c1F. The fourth-order valence-electron chi connectivity index (χ4n) is 2.27. The molecule has 2 heteroatoms. The normalized spacial score (nSPS) is 20.5. The third-order valence-electron chi connectivity index (χ3n) is 3.58. The van der Waals surface area contributed by atoms with Crippen LogP contribution < -0.4 is 0 Å². The third-order valence-corrected chi connectivity index (χ3v) is 3.58. The summed E-state index contributed by atoms with van der Waals surface area (Å²) in [6.07, 6.45) is 6.15. The zero-order chi connectivity index (χ0) is 12.4. The molecule has 0 saturated heterocycles. The Morgan fingerprint density at radius 3 is 2.41 bits per heavy atom. The topological polar surface area (TPSA) is 0 Å². The van der Waals surface area contributed by atoms with Crippen molar-refractivity contribution in [1.82, 2.24) is 0 Å². The Morgan fingerprint density at radius 2 is 1.76 bits per heavy atom. The van der Waals surface area contributed by atoms with Crippen LogP contribution in [-0.2, 0) is 0 Å². The molecule has 0 nitrogen and oxygen atoms in total. The number of benzene rings is 1. The molecule has 0 radical (unpaired) electrons. The summed E-state index contributed by atoms with van der Waals surface area (Å²) in [5.41, 5.74) is 1.99. The molecule has 1 fully saturated rings.